The number of benzene rings is 2. The number of ether oxygens (including phenoxy) is 1. The fourth-order valence-corrected chi connectivity index (χ4v) is 5.03. The average molecular weight is 491 g/mol. The number of nitrogens with zero attached hydrogens (tertiary/aromatic N) is 4. The maximum absolute atomic E-state index is 13.3. The average Bonchev–Trinajstić information content (AvgIpc) is 3.18. The van der Waals surface area contributed by atoms with Crippen LogP contribution in [-0.2, 0) is 9.53 Å². The van der Waals surface area contributed by atoms with E-state index in [1.54, 1.807) is 33.5 Å². The number of aromatic nitrogens is 3. The predicted octanol–water partition coefficient (Wildman–Crippen LogP) is 5.52. The lowest BCUT2D eigenvalue weighted by Crippen LogP contribution is -2.32. The third-order valence-corrected chi connectivity index (χ3v) is 6.69. The smallest absolute Gasteiger partial charge is 0.359 e. The van der Waals surface area contributed by atoms with Gasteiger partial charge in [-0.15, -0.1) is 0 Å². The zero-order valence-electron chi connectivity index (χ0n) is 18.4. The number of aryl methyl sites for hydroxylation is 2. The number of amides is 1. The van der Waals surface area contributed by atoms with Gasteiger partial charge in [-0.25, -0.2) is 14.5 Å². The van der Waals surface area contributed by atoms with Crippen LogP contribution in [0.5, 0.6) is 0 Å². The van der Waals surface area contributed by atoms with Gasteiger partial charge >= 0.3 is 5.97 Å². The molecular weight excluding hydrogens is 472 g/mol. The first-order chi connectivity index (χ1) is 16.4. The van der Waals surface area contributed by atoms with Crippen LogP contribution in [0.4, 0.5) is 11.4 Å². The van der Waals surface area contributed by atoms with Crippen LogP contribution in [0, 0.1) is 13.8 Å². The molecule has 0 radical (unpaired) electrons. The fourth-order valence-electron chi connectivity index (χ4n) is 3.79. The highest BCUT2D eigenvalue weighted by Crippen LogP contribution is 2.47. The second kappa shape index (κ2) is 8.96. The molecule has 9 heteroatoms. The second-order valence-corrected chi connectivity index (χ2v) is 9.17. The van der Waals surface area contributed by atoms with Gasteiger partial charge < -0.3 is 4.74 Å². The van der Waals surface area contributed by atoms with Crippen LogP contribution >= 0.6 is 23.4 Å². The van der Waals surface area contributed by atoms with E-state index >= 15 is 0 Å². The highest BCUT2D eigenvalue weighted by atomic mass is 35.5. The topological polar surface area (TPSA) is 77.3 Å². The molecule has 5 rings (SSSR count). The molecule has 7 nitrogen and oxygen atoms in total. The van der Waals surface area contributed by atoms with Crippen LogP contribution in [0.1, 0.15) is 21.9 Å². The van der Waals surface area contributed by atoms with Crippen LogP contribution in [0.25, 0.3) is 5.82 Å². The zero-order chi connectivity index (χ0) is 23.8. The SMILES string of the molecule is Cc1cc(C)n(-c2ccc(Cl)c(C(=O)OCC(=O)N3c4ccccc4Sc4ccccc43)n2)n1. The quantitative estimate of drug-likeness (QED) is 0.350. The van der Waals surface area contributed by atoms with Gasteiger partial charge in [0.05, 0.1) is 22.1 Å². The molecule has 2 aromatic carbocycles. The monoisotopic (exact) mass is 490 g/mol. The van der Waals surface area contributed by atoms with Crippen LogP contribution in [0.15, 0.2) is 76.5 Å². The molecule has 4 aromatic rings. The van der Waals surface area contributed by atoms with Crippen LogP contribution in [-0.4, -0.2) is 33.2 Å². The third kappa shape index (κ3) is 4.06. The lowest BCUT2D eigenvalue weighted by molar-refractivity contribution is -0.121. The van der Waals surface area contributed by atoms with Crippen LogP contribution in [0.3, 0.4) is 0 Å². The van der Waals surface area contributed by atoms with Gasteiger partial charge in [0.1, 0.15) is 0 Å². The van der Waals surface area contributed by atoms with E-state index in [4.69, 9.17) is 16.3 Å². The Morgan fingerprint density at radius 1 is 0.971 bits per heavy atom. The Labute approximate surface area is 205 Å². The van der Waals surface area contributed by atoms with Crippen molar-refractivity contribution in [3.05, 3.63) is 88.8 Å². The largest absolute Gasteiger partial charge is 0.451 e. The molecule has 1 amide bonds. The number of anilines is 2. The second-order valence-electron chi connectivity index (χ2n) is 7.68. The van der Waals surface area contributed by atoms with E-state index in [2.05, 4.69) is 10.1 Å². The molecule has 0 bridgehead atoms. The predicted molar refractivity (Wildman–Crippen MR) is 130 cm³/mol. The minimum atomic E-state index is -0.783. The standard InChI is InChI=1S/C25H19ClN4O3S/c1-15-13-16(2)30(28-15)22-12-11-17(26)24(27-22)25(32)33-14-23(31)29-18-7-3-5-9-20(18)34-21-10-6-4-8-19(21)29/h3-13H,14H2,1-2H3. The van der Waals surface area contributed by atoms with Gasteiger partial charge in [-0.1, -0.05) is 47.6 Å². The number of hydrogen-bond acceptors (Lipinski definition) is 6. The number of fused-ring (bicyclic) bond motifs is 2. The van der Waals surface area contributed by atoms with Gasteiger partial charge in [0.15, 0.2) is 18.1 Å². The molecule has 0 saturated carbocycles. The Balaban J connectivity index is 1.39. The van der Waals surface area contributed by atoms with Crippen molar-refractivity contribution in [3.8, 4) is 5.82 Å². The minimum Gasteiger partial charge on any atom is -0.451 e. The first-order valence-electron chi connectivity index (χ1n) is 10.5. The molecule has 0 atom stereocenters. The summed E-state index contributed by atoms with van der Waals surface area (Å²) in [6, 6.07) is 20.4. The summed E-state index contributed by atoms with van der Waals surface area (Å²) in [5.41, 5.74) is 3.10. The third-order valence-electron chi connectivity index (χ3n) is 5.26. The number of esters is 1. The first kappa shape index (κ1) is 22.2. The summed E-state index contributed by atoms with van der Waals surface area (Å²) in [6.45, 7) is 3.30. The van der Waals surface area contributed by atoms with E-state index < -0.39 is 12.6 Å². The van der Waals surface area contributed by atoms with Gasteiger partial charge in [0.2, 0.25) is 0 Å². The number of para-hydroxylation sites is 2. The van der Waals surface area contributed by atoms with E-state index in [0.29, 0.717) is 5.82 Å². The summed E-state index contributed by atoms with van der Waals surface area (Å²) in [5, 5.41) is 4.52. The normalized spacial score (nSPS) is 12.1. The van der Waals surface area contributed by atoms with Crippen molar-refractivity contribution in [2.45, 2.75) is 23.6 Å². The highest BCUT2D eigenvalue weighted by molar-refractivity contribution is 7.99. The number of rotatable bonds is 4. The summed E-state index contributed by atoms with van der Waals surface area (Å²) in [6.07, 6.45) is 0. The van der Waals surface area contributed by atoms with E-state index in [9.17, 15) is 9.59 Å². The lowest BCUT2D eigenvalue weighted by Gasteiger charge is -2.30. The van der Waals surface area contributed by atoms with Crippen LogP contribution in [0.2, 0.25) is 5.02 Å². The zero-order valence-corrected chi connectivity index (χ0v) is 19.9. The Hall–Kier alpha value is -3.62. The maximum atomic E-state index is 13.3. The van der Waals surface area contributed by atoms with Crippen molar-refractivity contribution in [1.29, 1.82) is 0 Å². The summed E-state index contributed by atoms with van der Waals surface area (Å²) >= 11 is 7.82. The van der Waals surface area contributed by atoms with Crippen LogP contribution < -0.4 is 4.90 Å². The first-order valence-corrected chi connectivity index (χ1v) is 11.7. The fraction of sp³-hybridized carbons (Fsp3) is 0.120. The number of carbonyl (C=O) groups excluding carboxylic acids is 2. The van der Waals surface area contributed by atoms with Gasteiger partial charge in [0.25, 0.3) is 5.91 Å². The maximum Gasteiger partial charge on any atom is 0.359 e. The lowest BCUT2D eigenvalue weighted by atomic mass is 10.2. The molecule has 34 heavy (non-hydrogen) atoms. The van der Waals surface area contributed by atoms with Crippen molar-refractivity contribution in [1.82, 2.24) is 14.8 Å². The summed E-state index contributed by atoms with van der Waals surface area (Å²) in [5.74, 6) is -0.724. The summed E-state index contributed by atoms with van der Waals surface area (Å²) in [7, 11) is 0. The molecule has 0 unspecified atom stereocenters. The molecule has 170 valence electrons. The Kier molecular flexibility index (Phi) is 5.85. The number of carbonyl (C=O) groups is 2. The minimum absolute atomic E-state index is 0.0745. The molecule has 1 aliphatic heterocycles. The van der Waals surface area contributed by atoms with Crippen molar-refractivity contribution < 1.29 is 14.3 Å². The van der Waals surface area contributed by atoms with Crippen molar-refractivity contribution in [3.63, 3.8) is 0 Å². The Morgan fingerprint density at radius 2 is 1.62 bits per heavy atom. The van der Waals surface area contributed by atoms with Gasteiger partial charge in [0, 0.05) is 15.5 Å². The molecule has 0 fully saturated rings. The molecule has 0 spiro atoms. The highest BCUT2D eigenvalue weighted by Gasteiger charge is 2.29. The number of hydrogen-bond donors (Lipinski definition) is 0. The van der Waals surface area contributed by atoms with Crippen molar-refractivity contribution in [2.75, 3.05) is 11.5 Å². The molecule has 0 saturated heterocycles. The van der Waals surface area contributed by atoms with E-state index in [1.807, 2.05) is 68.4 Å². The number of halogens is 1. The van der Waals surface area contributed by atoms with Crippen molar-refractivity contribution in [2.24, 2.45) is 0 Å². The van der Waals surface area contributed by atoms with E-state index in [0.717, 1.165) is 32.6 Å². The molecule has 2 aromatic heterocycles. The molecule has 0 N–H and O–H groups in total. The van der Waals surface area contributed by atoms with Gasteiger partial charge in [-0.2, -0.15) is 5.10 Å². The molecule has 1 aliphatic rings. The molecular formula is C25H19ClN4O3S. The Morgan fingerprint density at radius 3 is 2.24 bits per heavy atom. The van der Waals surface area contributed by atoms with Gasteiger partial charge in [-0.05, 0) is 56.3 Å². The molecule has 3 heterocycles. The van der Waals surface area contributed by atoms with E-state index in [-0.39, 0.29) is 16.6 Å². The van der Waals surface area contributed by atoms with Crippen molar-refractivity contribution >= 4 is 46.6 Å². The van der Waals surface area contributed by atoms with Gasteiger partial charge in [-0.3, -0.25) is 9.69 Å². The Bertz CT molecular complexity index is 1390. The summed E-state index contributed by atoms with van der Waals surface area (Å²) < 4.78 is 6.98. The number of pyridine rings is 1. The summed E-state index contributed by atoms with van der Waals surface area (Å²) in [4.78, 5) is 33.9. The van der Waals surface area contributed by atoms with E-state index in [1.165, 1.54) is 0 Å². The molecule has 0 aliphatic carbocycles.